The van der Waals surface area contributed by atoms with E-state index in [-0.39, 0.29) is 36.9 Å². The molecule has 0 bridgehead atoms. The minimum Gasteiger partial charge on any atom is -0.504 e. The molecule has 0 fully saturated rings. The molecule has 0 heterocycles. The molecule has 5 N–H and O–H groups in total. The van der Waals surface area contributed by atoms with Crippen molar-refractivity contribution < 1.29 is 19.7 Å². The first kappa shape index (κ1) is 17.5. The maximum absolute atomic E-state index is 11.8. The highest BCUT2D eigenvalue weighted by atomic mass is 35.5. The lowest BCUT2D eigenvalue weighted by atomic mass is 9.93. The van der Waals surface area contributed by atoms with Crippen molar-refractivity contribution in [2.75, 3.05) is 6.61 Å². The van der Waals surface area contributed by atoms with Gasteiger partial charge in [-0.25, -0.2) is 10.2 Å². The number of phenolic OH excluding ortho intramolecular Hbond substituents is 2. The van der Waals surface area contributed by atoms with E-state index in [1.54, 1.807) is 19.9 Å². The van der Waals surface area contributed by atoms with Crippen molar-refractivity contribution in [1.82, 2.24) is 5.43 Å². The number of ether oxygens (including phenoxy) is 1. The molecule has 1 rings (SSSR count). The highest BCUT2D eigenvalue weighted by molar-refractivity contribution is 5.85. The number of benzene rings is 1. The lowest BCUT2D eigenvalue weighted by Crippen LogP contribution is -2.55. The third-order valence-electron chi connectivity index (χ3n) is 2.64. The summed E-state index contributed by atoms with van der Waals surface area (Å²) >= 11 is 0. The molecular weight excluding hydrogens is 272 g/mol. The van der Waals surface area contributed by atoms with Gasteiger partial charge in [0, 0.05) is 6.42 Å². The van der Waals surface area contributed by atoms with Crippen LogP contribution >= 0.6 is 12.4 Å². The van der Waals surface area contributed by atoms with Crippen LogP contribution in [0.4, 0.5) is 0 Å². The Morgan fingerprint density at radius 3 is 2.53 bits per heavy atom. The predicted octanol–water partition coefficient (Wildman–Crippen LogP) is 0.847. The molecule has 7 heteroatoms. The van der Waals surface area contributed by atoms with E-state index in [0.717, 1.165) is 0 Å². The molecule has 0 saturated heterocycles. The fourth-order valence-corrected chi connectivity index (χ4v) is 1.56. The first-order valence-electron chi connectivity index (χ1n) is 5.59. The third kappa shape index (κ3) is 4.27. The highest BCUT2D eigenvalue weighted by Gasteiger charge is 2.33. The summed E-state index contributed by atoms with van der Waals surface area (Å²) < 4.78 is 4.93. The van der Waals surface area contributed by atoms with Crippen molar-refractivity contribution in [2.45, 2.75) is 25.8 Å². The number of carbonyl (C=O) groups is 1. The van der Waals surface area contributed by atoms with Crippen LogP contribution in [-0.2, 0) is 16.0 Å². The zero-order valence-corrected chi connectivity index (χ0v) is 11.7. The maximum atomic E-state index is 11.8. The van der Waals surface area contributed by atoms with Crippen molar-refractivity contribution >= 4 is 18.4 Å². The summed E-state index contributed by atoms with van der Waals surface area (Å²) in [5, 5.41) is 18.6. The molecule has 0 aliphatic heterocycles. The minimum absolute atomic E-state index is 0. The van der Waals surface area contributed by atoms with E-state index >= 15 is 0 Å². The van der Waals surface area contributed by atoms with Crippen LogP contribution in [0.2, 0.25) is 0 Å². The molecular formula is C12H19ClN2O4. The van der Waals surface area contributed by atoms with Crippen LogP contribution in [0.3, 0.4) is 0 Å². The Balaban J connectivity index is 0.00000324. The molecule has 0 aliphatic carbocycles. The number of hydrogen-bond donors (Lipinski definition) is 4. The molecule has 0 amide bonds. The normalized spacial score (nSPS) is 13.2. The topological polar surface area (TPSA) is 105 Å². The van der Waals surface area contributed by atoms with Crippen LogP contribution in [-0.4, -0.2) is 28.3 Å². The summed E-state index contributed by atoms with van der Waals surface area (Å²) in [5.41, 5.74) is 1.99. The first-order chi connectivity index (χ1) is 8.42. The summed E-state index contributed by atoms with van der Waals surface area (Å²) in [5.74, 6) is 4.47. The van der Waals surface area contributed by atoms with Gasteiger partial charge in [0.1, 0.15) is 5.54 Å². The number of nitrogens with two attached hydrogens (primary N) is 1. The van der Waals surface area contributed by atoms with E-state index in [1.165, 1.54) is 12.1 Å². The maximum Gasteiger partial charge on any atom is 0.327 e. The van der Waals surface area contributed by atoms with Crippen LogP contribution in [0.5, 0.6) is 11.5 Å². The van der Waals surface area contributed by atoms with E-state index in [0.29, 0.717) is 5.56 Å². The van der Waals surface area contributed by atoms with Crippen molar-refractivity contribution in [1.29, 1.82) is 0 Å². The Labute approximate surface area is 117 Å². The Bertz CT molecular complexity index is 442. The number of hydrogen-bond acceptors (Lipinski definition) is 6. The van der Waals surface area contributed by atoms with E-state index in [9.17, 15) is 15.0 Å². The number of nitrogens with one attached hydrogen (secondary N) is 1. The van der Waals surface area contributed by atoms with E-state index in [4.69, 9.17) is 10.6 Å². The first-order valence-corrected chi connectivity index (χ1v) is 5.59. The van der Waals surface area contributed by atoms with Crippen LogP contribution in [0.15, 0.2) is 18.2 Å². The van der Waals surface area contributed by atoms with Crippen molar-refractivity contribution in [3.8, 4) is 11.5 Å². The van der Waals surface area contributed by atoms with Crippen LogP contribution < -0.4 is 11.3 Å². The number of halogens is 1. The summed E-state index contributed by atoms with van der Waals surface area (Å²) in [6.45, 7) is 3.58. The van der Waals surface area contributed by atoms with Gasteiger partial charge in [-0.15, -0.1) is 12.4 Å². The number of aromatic hydroxyl groups is 2. The molecule has 1 aromatic rings. The van der Waals surface area contributed by atoms with Crippen LogP contribution in [0.1, 0.15) is 19.4 Å². The average Bonchev–Trinajstić information content (AvgIpc) is 2.34. The summed E-state index contributed by atoms with van der Waals surface area (Å²) in [4.78, 5) is 11.8. The molecule has 0 aliphatic rings. The Morgan fingerprint density at radius 2 is 2.05 bits per heavy atom. The molecule has 0 radical (unpaired) electrons. The molecule has 1 atom stereocenters. The predicted molar refractivity (Wildman–Crippen MR) is 73.1 cm³/mol. The highest BCUT2D eigenvalue weighted by Crippen LogP contribution is 2.26. The fraction of sp³-hybridized carbons (Fsp3) is 0.417. The Hall–Kier alpha value is -1.50. The van der Waals surface area contributed by atoms with E-state index in [1.807, 2.05) is 0 Å². The van der Waals surface area contributed by atoms with Crippen molar-refractivity contribution in [2.24, 2.45) is 5.84 Å². The molecule has 0 saturated carbocycles. The molecule has 1 aromatic carbocycles. The Morgan fingerprint density at radius 1 is 1.42 bits per heavy atom. The SMILES string of the molecule is CCOC(=O)[C@](C)(Cc1ccc(O)c(O)c1)NN.Cl. The number of esters is 1. The summed E-state index contributed by atoms with van der Waals surface area (Å²) in [6.07, 6.45) is 0.232. The zero-order valence-electron chi connectivity index (χ0n) is 10.8. The van der Waals surface area contributed by atoms with E-state index in [2.05, 4.69) is 5.43 Å². The number of rotatable bonds is 5. The van der Waals surface area contributed by atoms with Gasteiger partial charge in [0.25, 0.3) is 0 Å². The zero-order chi connectivity index (χ0) is 13.8. The van der Waals surface area contributed by atoms with Gasteiger partial charge >= 0.3 is 5.97 Å². The van der Waals surface area contributed by atoms with Gasteiger partial charge in [0.15, 0.2) is 11.5 Å². The van der Waals surface area contributed by atoms with Crippen molar-refractivity contribution in [3.05, 3.63) is 23.8 Å². The largest absolute Gasteiger partial charge is 0.504 e. The molecule has 0 aromatic heterocycles. The van der Waals surface area contributed by atoms with Gasteiger partial charge in [0.2, 0.25) is 0 Å². The second-order valence-corrected chi connectivity index (χ2v) is 4.20. The average molecular weight is 291 g/mol. The van der Waals surface area contributed by atoms with Crippen LogP contribution in [0, 0.1) is 0 Å². The molecule has 108 valence electrons. The van der Waals surface area contributed by atoms with Gasteiger partial charge in [-0.05, 0) is 31.5 Å². The lowest BCUT2D eigenvalue weighted by Gasteiger charge is -2.26. The second-order valence-electron chi connectivity index (χ2n) is 4.20. The quantitative estimate of drug-likeness (QED) is 0.277. The standard InChI is InChI=1S/C12H18N2O4.ClH/c1-3-18-11(17)12(2,14-13)7-8-4-5-9(15)10(16)6-8;/h4-6,14-16H,3,7,13H2,1-2H3;1H/t12-;/m0./s1. The molecule has 0 spiro atoms. The molecule has 6 nitrogen and oxygen atoms in total. The Kier molecular flexibility index (Phi) is 6.61. The van der Waals surface area contributed by atoms with Gasteiger partial charge in [-0.3, -0.25) is 5.84 Å². The van der Waals surface area contributed by atoms with Gasteiger partial charge in [-0.1, -0.05) is 6.07 Å². The lowest BCUT2D eigenvalue weighted by molar-refractivity contribution is -0.150. The third-order valence-corrected chi connectivity index (χ3v) is 2.64. The van der Waals surface area contributed by atoms with Gasteiger partial charge < -0.3 is 14.9 Å². The minimum atomic E-state index is -1.08. The van der Waals surface area contributed by atoms with Gasteiger partial charge in [-0.2, -0.15) is 0 Å². The van der Waals surface area contributed by atoms with Gasteiger partial charge in [0.05, 0.1) is 6.61 Å². The summed E-state index contributed by atoms with van der Waals surface area (Å²) in [6, 6.07) is 4.33. The molecule has 19 heavy (non-hydrogen) atoms. The van der Waals surface area contributed by atoms with Crippen LogP contribution in [0.25, 0.3) is 0 Å². The smallest absolute Gasteiger partial charge is 0.327 e. The fourth-order valence-electron chi connectivity index (χ4n) is 1.56. The summed E-state index contributed by atoms with van der Waals surface area (Å²) in [7, 11) is 0. The van der Waals surface area contributed by atoms with Crippen molar-refractivity contribution in [3.63, 3.8) is 0 Å². The van der Waals surface area contributed by atoms with E-state index < -0.39 is 11.5 Å². The number of hydrazine groups is 1. The number of phenols is 2. The monoisotopic (exact) mass is 290 g/mol. The number of carbonyl (C=O) groups excluding carboxylic acids is 1. The molecule has 0 unspecified atom stereocenters. The second kappa shape index (κ2) is 7.18.